The molecule has 2 aromatic rings. The molecule has 1 saturated heterocycles. The number of ketones is 1. The Hall–Kier alpha value is -2.42. The van der Waals surface area contributed by atoms with Crippen molar-refractivity contribution >= 4 is 15.8 Å². The highest BCUT2D eigenvalue weighted by Crippen LogP contribution is 2.19. The minimum absolute atomic E-state index is 0.0839. The Morgan fingerprint density at radius 1 is 0.931 bits per heavy atom. The Bertz CT molecular complexity index is 919. The van der Waals surface area contributed by atoms with Crippen LogP contribution in [-0.4, -0.2) is 69.8 Å². The zero-order valence-electron chi connectivity index (χ0n) is 16.7. The molecular formula is C21H26N2O5S. The van der Waals surface area contributed by atoms with Crippen molar-refractivity contribution < 1.29 is 22.7 Å². The summed E-state index contributed by atoms with van der Waals surface area (Å²) in [4.78, 5) is 13.8. The van der Waals surface area contributed by atoms with Gasteiger partial charge in [-0.3, -0.25) is 9.69 Å². The molecule has 0 bridgehead atoms. The fraction of sp³-hybridized carbons (Fsp3) is 0.381. The smallest absolute Gasteiger partial charge is 0.243 e. The fourth-order valence-corrected chi connectivity index (χ4v) is 4.59. The SMILES string of the molecule is COc1ccc(OCCN2CCN(S(=O)(=O)c3ccc(C(C)=O)cc3)CC2)cc1. The second-order valence-corrected chi connectivity index (χ2v) is 8.79. The molecule has 29 heavy (non-hydrogen) atoms. The molecule has 1 fully saturated rings. The topological polar surface area (TPSA) is 76.2 Å². The van der Waals surface area contributed by atoms with Crippen LogP contribution in [-0.2, 0) is 10.0 Å². The summed E-state index contributed by atoms with van der Waals surface area (Å²) < 4.78 is 38.0. The van der Waals surface area contributed by atoms with Crippen molar-refractivity contribution in [3.8, 4) is 11.5 Å². The van der Waals surface area contributed by atoms with E-state index in [1.54, 1.807) is 19.2 Å². The molecule has 0 aliphatic carbocycles. The minimum atomic E-state index is -3.55. The maximum Gasteiger partial charge on any atom is 0.243 e. The number of carbonyl (C=O) groups is 1. The lowest BCUT2D eigenvalue weighted by Crippen LogP contribution is -2.49. The van der Waals surface area contributed by atoms with E-state index in [4.69, 9.17) is 9.47 Å². The standard InChI is InChI=1S/C21H26N2O5S/c1-17(24)18-3-9-21(10-4-18)29(25,26)23-13-11-22(12-14-23)15-16-28-20-7-5-19(27-2)6-8-20/h3-10H,11-16H2,1-2H3. The van der Waals surface area contributed by atoms with Gasteiger partial charge in [-0.1, -0.05) is 12.1 Å². The Morgan fingerprint density at radius 2 is 1.52 bits per heavy atom. The summed E-state index contributed by atoms with van der Waals surface area (Å²) in [5.41, 5.74) is 0.505. The molecule has 0 spiro atoms. The number of ether oxygens (including phenoxy) is 2. The second-order valence-electron chi connectivity index (χ2n) is 6.85. The Kier molecular flexibility index (Phi) is 6.89. The van der Waals surface area contributed by atoms with Gasteiger partial charge >= 0.3 is 0 Å². The highest BCUT2D eigenvalue weighted by molar-refractivity contribution is 7.89. The van der Waals surface area contributed by atoms with Crippen LogP contribution in [0.2, 0.25) is 0 Å². The van der Waals surface area contributed by atoms with Gasteiger partial charge in [-0.05, 0) is 43.3 Å². The van der Waals surface area contributed by atoms with Gasteiger partial charge in [0.1, 0.15) is 18.1 Å². The van der Waals surface area contributed by atoms with Gasteiger partial charge in [-0.2, -0.15) is 4.31 Å². The van der Waals surface area contributed by atoms with E-state index in [0.29, 0.717) is 38.3 Å². The van der Waals surface area contributed by atoms with E-state index in [2.05, 4.69) is 4.90 Å². The molecule has 0 amide bonds. The summed E-state index contributed by atoms with van der Waals surface area (Å²) in [7, 11) is -1.92. The molecule has 1 aliphatic rings. The molecule has 2 aromatic carbocycles. The van der Waals surface area contributed by atoms with Crippen molar-refractivity contribution in [3.05, 3.63) is 54.1 Å². The fourth-order valence-electron chi connectivity index (χ4n) is 3.17. The number of hydrogen-bond acceptors (Lipinski definition) is 6. The van der Waals surface area contributed by atoms with Crippen molar-refractivity contribution in [3.63, 3.8) is 0 Å². The highest BCUT2D eigenvalue weighted by atomic mass is 32.2. The summed E-state index contributed by atoms with van der Waals surface area (Å²) in [6, 6.07) is 13.5. The third-order valence-electron chi connectivity index (χ3n) is 4.97. The third kappa shape index (κ3) is 5.35. The van der Waals surface area contributed by atoms with E-state index in [-0.39, 0.29) is 10.7 Å². The number of carbonyl (C=O) groups excluding carboxylic acids is 1. The number of sulfonamides is 1. The van der Waals surface area contributed by atoms with Gasteiger partial charge in [0.25, 0.3) is 0 Å². The largest absolute Gasteiger partial charge is 0.497 e. The van der Waals surface area contributed by atoms with Crippen LogP contribution in [0.5, 0.6) is 11.5 Å². The average Bonchev–Trinajstić information content (AvgIpc) is 2.74. The van der Waals surface area contributed by atoms with Crippen LogP contribution in [0, 0.1) is 0 Å². The Balaban J connectivity index is 1.48. The minimum Gasteiger partial charge on any atom is -0.497 e. The first-order valence-electron chi connectivity index (χ1n) is 9.50. The number of benzene rings is 2. The van der Waals surface area contributed by atoms with Crippen LogP contribution >= 0.6 is 0 Å². The zero-order valence-corrected chi connectivity index (χ0v) is 17.5. The third-order valence-corrected chi connectivity index (χ3v) is 6.88. The van der Waals surface area contributed by atoms with Crippen LogP contribution in [0.3, 0.4) is 0 Å². The summed E-state index contributed by atoms with van der Waals surface area (Å²) in [6.07, 6.45) is 0. The Morgan fingerprint density at radius 3 is 2.07 bits per heavy atom. The molecule has 0 atom stereocenters. The molecule has 156 valence electrons. The monoisotopic (exact) mass is 418 g/mol. The predicted molar refractivity (Wildman–Crippen MR) is 110 cm³/mol. The van der Waals surface area contributed by atoms with Crippen LogP contribution in [0.15, 0.2) is 53.4 Å². The molecule has 7 nitrogen and oxygen atoms in total. The maximum atomic E-state index is 12.8. The highest BCUT2D eigenvalue weighted by Gasteiger charge is 2.28. The summed E-state index contributed by atoms with van der Waals surface area (Å²) in [5.74, 6) is 1.48. The first-order valence-corrected chi connectivity index (χ1v) is 10.9. The molecule has 1 aliphatic heterocycles. The lowest BCUT2D eigenvalue weighted by molar-refractivity contribution is 0.101. The number of nitrogens with zero attached hydrogens (tertiary/aromatic N) is 2. The van der Waals surface area contributed by atoms with Crippen LogP contribution < -0.4 is 9.47 Å². The molecule has 0 N–H and O–H groups in total. The molecule has 0 aromatic heterocycles. The molecule has 0 radical (unpaired) electrons. The van der Waals surface area contributed by atoms with Crippen LogP contribution in [0.25, 0.3) is 0 Å². The van der Waals surface area contributed by atoms with Gasteiger partial charge in [0.2, 0.25) is 10.0 Å². The molecule has 0 unspecified atom stereocenters. The number of Topliss-reactive ketones (excluding diaryl/α,β-unsaturated/α-hetero) is 1. The van der Waals surface area contributed by atoms with Crippen LogP contribution in [0.4, 0.5) is 0 Å². The summed E-state index contributed by atoms with van der Waals surface area (Å²) in [6.45, 7) is 4.88. The number of rotatable bonds is 8. The van der Waals surface area contributed by atoms with E-state index in [1.807, 2.05) is 24.3 Å². The lowest BCUT2D eigenvalue weighted by Gasteiger charge is -2.33. The molecule has 3 rings (SSSR count). The van der Waals surface area contributed by atoms with Crippen molar-refractivity contribution in [2.45, 2.75) is 11.8 Å². The van der Waals surface area contributed by atoms with E-state index in [9.17, 15) is 13.2 Å². The van der Waals surface area contributed by atoms with Crippen LogP contribution in [0.1, 0.15) is 17.3 Å². The van der Waals surface area contributed by atoms with Crippen molar-refractivity contribution in [1.29, 1.82) is 0 Å². The predicted octanol–water partition coefficient (Wildman–Crippen LogP) is 2.28. The van der Waals surface area contributed by atoms with E-state index >= 15 is 0 Å². The van der Waals surface area contributed by atoms with Gasteiger partial charge in [-0.15, -0.1) is 0 Å². The first kappa shape index (κ1) is 21.3. The van der Waals surface area contributed by atoms with E-state index in [1.165, 1.54) is 23.4 Å². The van der Waals surface area contributed by atoms with Gasteiger partial charge in [0.15, 0.2) is 5.78 Å². The summed E-state index contributed by atoms with van der Waals surface area (Å²) >= 11 is 0. The molecular weight excluding hydrogens is 392 g/mol. The lowest BCUT2D eigenvalue weighted by atomic mass is 10.2. The van der Waals surface area contributed by atoms with Gasteiger partial charge < -0.3 is 9.47 Å². The number of piperazine rings is 1. The average molecular weight is 419 g/mol. The second kappa shape index (κ2) is 9.39. The molecule has 0 saturated carbocycles. The zero-order chi connectivity index (χ0) is 20.9. The maximum absolute atomic E-state index is 12.8. The normalized spacial score (nSPS) is 15.8. The first-order chi connectivity index (χ1) is 13.9. The van der Waals surface area contributed by atoms with Crippen molar-refractivity contribution in [2.24, 2.45) is 0 Å². The number of hydrogen-bond donors (Lipinski definition) is 0. The van der Waals surface area contributed by atoms with Gasteiger partial charge in [0.05, 0.1) is 12.0 Å². The van der Waals surface area contributed by atoms with Crippen molar-refractivity contribution in [1.82, 2.24) is 9.21 Å². The molecule has 8 heteroatoms. The molecule has 1 heterocycles. The van der Waals surface area contributed by atoms with Gasteiger partial charge in [-0.25, -0.2) is 8.42 Å². The van der Waals surface area contributed by atoms with Crippen molar-refractivity contribution in [2.75, 3.05) is 46.4 Å². The Labute approximate surface area is 171 Å². The number of methoxy groups -OCH3 is 1. The van der Waals surface area contributed by atoms with E-state index in [0.717, 1.165) is 18.0 Å². The van der Waals surface area contributed by atoms with Gasteiger partial charge in [0, 0.05) is 38.3 Å². The van der Waals surface area contributed by atoms with E-state index < -0.39 is 10.0 Å². The summed E-state index contributed by atoms with van der Waals surface area (Å²) in [5, 5.41) is 0. The quantitative estimate of drug-likeness (QED) is 0.612.